The summed E-state index contributed by atoms with van der Waals surface area (Å²) < 4.78 is 1.54. The van der Waals surface area contributed by atoms with Crippen molar-refractivity contribution >= 4 is 5.78 Å². The van der Waals surface area contributed by atoms with Gasteiger partial charge in [0.2, 0.25) is 0 Å². The van der Waals surface area contributed by atoms with Crippen molar-refractivity contribution < 1.29 is 4.79 Å². The van der Waals surface area contributed by atoms with Crippen molar-refractivity contribution in [3.63, 3.8) is 0 Å². The van der Waals surface area contributed by atoms with Gasteiger partial charge in [0.15, 0.2) is 5.78 Å². The highest BCUT2D eigenvalue weighted by molar-refractivity contribution is 5.95. The van der Waals surface area contributed by atoms with Crippen molar-refractivity contribution in [1.82, 2.24) is 9.55 Å². The summed E-state index contributed by atoms with van der Waals surface area (Å²) in [7, 11) is 0. The molecular formula is C15H16N2O2. The first-order valence-corrected chi connectivity index (χ1v) is 6.21. The van der Waals surface area contributed by atoms with Crippen LogP contribution in [-0.4, -0.2) is 15.3 Å². The summed E-state index contributed by atoms with van der Waals surface area (Å²) in [4.78, 5) is 27.6. The van der Waals surface area contributed by atoms with Crippen LogP contribution in [0.3, 0.4) is 0 Å². The Morgan fingerprint density at radius 2 is 1.89 bits per heavy atom. The number of hydrogen-bond acceptors (Lipinski definition) is 3. The van der Waals surface area contributed by atoms with Gasteiger partial charge in [-0.25, -0.2) is 4.79 Å². The number of carbonyl (C=O) groups is 1. The summed E-state index contributed by atoms with van der Waals surface area (Å²) in [5, 5.41) is 0. The second-order valence-electron chi connectivity index (χ2n) is 4.51. The summed E-state index contributed by atoms with van der Waals surface area (Å²) in [6.45, 7) is 4.00. The van der Waals surface area contributed by atoms with Crippen LogP contribution in [-0.2, 0) is 6.54 Å². The minimum absolute atomic E-state index is 0.0347. The van der Waals surface area contributed by atoms with E-state index in [0.717, 1.165) is 5.69 Å². The zero-order valence-electron chi connectivity index (χ0n) is 11.1. The van der Waals surface area contributed by atoms with Gasteiger partial charge in [0.1, 0.15) is 0 Å². The molecule has 1 heterocycles. The van der Waals surface area contributed by atoms with Gasteiger partial charge in [-0.2, -0.15) is 4.98 Å². The fourth-order valence-electron chi connectivity index (χ4n) is 2.03. The number of ketones is 1. The number of hydrogen-bond donors (Lipinski definition) is 0. The first-order valence-electron chi connectivity index (χ1n) is 6.21. The van der Waals surface area contributed by atoms with Crippen LogP contribution in [0.25, 0.3) is 0 Å². The maximum Gasteiger partial charge on any atom is 0.347 e. The lowest BCUT2D eigenvalue weighted by atomic mass is 10.1. The fourth-order valence-corrected chi connectivity index (χ4v) is 2.03. The van der Waals surface area contributed by atoms with E-state index in [4.69, 9.17) is 0 Å². The molecule has 0 atom stereocenters. The number of Topliss-reactive ketones (excluding diaryl/α,β-unsaturated/α-hetero) is 1. The van der Waals surface area contributed by atoms with Gasteiger partial charge in [-0.1, -0.05) is 30.3 Å². The zero-order chi connectivity index (χ0) is 13.8. The zero-order valence-corrected chi connectivity index (χ0v) is 11.1. The molecule has 2 aromatic rings. The molecule has 0 saturated heterocycles. The molecule has 1 aromatic carbocycles. The molecular weight excluding hydrogens is 240 g/mol. The molecule has 19 heavy (non-hydrogen) atoms. The first-order chi connectivity index (χ1) is 9.08. The molecule has 0 saturated carbocycles. The van der Waals surface area contributed by atoms with E-state index in [9.17, 15) is 9.59 Å². The normalized spacial score (nSPS) is 10.4. The largest absolute Gasteiger partial charge is 0.347 e. The van der Waals surface area contributed by atoms with Crippen LogP contribution in [0.1, 0.15) is 28.2 Å². The van der Waals surface area contributed by atoms with Gasteiger partial charge in [0, 0.05) is 29.9 Å². The summed E-state index contributed by atoms with van der Waals surface area (Å²) in [5.41, 5.74) is 1.91. The minimum atomic E-state index is -0.293. The molecule has 0 amide bonds. The van der Waals surface area contributed by atoms with E-state index < -0.39 is 0 Å². The van der Waals surface area contributed by atoms with E-state index in [0.29, 0.717) is 24.2 Å². The highest BCUT2D eigenvalue weighted by Gasteiger charge is 2.08. The van der Waals surface area contributed by atoms with E-state index in [1.807, 2.05) is 31.2 Å². The highest BCUT2D eigenvalue weighted by atomic mass is 16.1. The standard InChI is InChI=1S/C15H16N2O2/c1-11-10-12(2)17(15(19)16-11)9-8-14(18)13-6-4-3-5-7-13/h3-7,10H,8-9H2,1-2H3. The number of aryl methyl sites for hydroxylation is 2. The minimum Gasteiger partial charge on any atom is -0.296 e. The van der Waals surface area contributed by atoms with Crippen LogP contribution in [0.5, 0.6) is 0 Å². The Bertz CT molecular complexity index is 645. The van der Waals surface area contributed by atoms with E-state index in [2.05, 4.69) is 4.98 Å². The molecule has 4 heteroatoms. The van der Waals surface area contributed by atoms with Gasteiger partial charge in [-0.05, 0) is 19.9 Å². The molecule has 0 fully saturated rings. The molecule has 0 spiro atoms. The van der Waals surface area contributed by atoms with Crippen molar-refractivity contribution in [2.24, 2.45) is 0 Å². The summed E-state index contributed by atoms with van der Waals surface area (Å²) in [6, 6.07) is 10.9. The Balaban J connectivity index is 2.12. The lowest BCUT2D eigenvalue weighted by Gasteiger charge is -2.09. The number of benzene rings is 1. The number of nitrogens with zero attached hydrogens (tertiary/aromatic N) is 2. The predicted octanol–water partition coefficient (Wildman–Crippen LogP) is 2.13. The second kappa shape index (κ2) is 5.61. The monoisotopic (exact) mass is 256 g/mol. The molecule has 0 aliphatic carbocycles. The maximum absolute atomic E-state index is 12.0. The number of carbonyl (C=O) groups excluding carboxylic acids is 1. The molecule has 0 aliphatic heterocycles. The number of rotatable bonds is 4. The molecule has 0 radical (unpaired) electrons. The molecule has 1 aromatic heterocycles. The van der Waals surface area contributed by atoms with Gasteiger partial charge >= 0.3 is 5.69 Å². The number of aromatic nitrogens is 2. The lowest BCUT2D eigenvalue weighted by molar-refractivity contribution is 0.0976. The predicted molar refractivity (Wildman–Crippen MR) is 73.4 cm³/mol. The van der Waals surface area contributed by atoms with Crippen LogP contribution in [0.2, 0.25) is 0 Å². The van der Waals surface area contributed by atoms with Crippen LogP contribution < -0.4 is 5.69 Å². The van der Waals surface area contributed by atoms with Crippen molar-refractivity contribution in [3.05, 3.63) is 63.8 Å². The topological polar surface area (TPSA) is 52.0 Å². The summed E-state index contributed by atoms with van der Waals surface area (Å²) >= 11 is 0. The molecule has 2 rings (SSSR count). The molecule has 98 valence electrons. The van der Waals surface area contributed by atoms with Gasteiger partial charge < -0.3 is 0 Å². The fraction of sp³-hybridized carbons (Fsp3) is 0.267. The van der Waals surface area contributed by atoms with E-state index in [1.54, 1.807) is 19.1 Å². The van der Waals surface area contributed by atoms with Gasteiger partial charge in [-0.3, -0.25) is 9.36 Å². The average molecular weight is 256 g/mol. The third-order valence-electron chi connectivity index (χ3n) is 3.00. The van der Waals surface area contributed by atoms with E-state index >= 15 is 0 Å². The van der Waals surface area contributed by atoms with Crippen LogP contribution >= 0.6 is 0 Å². The second-order valence-corrected chi connectivity index (χ2v) is 4.51. The average Bonchev–Trinajstić information content (AvgIpc) is 2.38. The van der Waals surface area contributed by atoms with Crippen LogP contribution in [0.4, 0.5) is 0 Å². The first kappa shape index (κ1) is 13.2. The Morgan fingerprint density at radius 3 is 2.53 bits per heavy atom. The maximum atomic E-state index is 12.0. The Labute approximate surface area is 111 Å². The molecule has 0 bridgehead atoms. The Kier molecular flexibility index (Phi) is 3.90. The van der Waals surface area contributed by atoms with Crippen molar-refractivity contribution in [3.8, 4) is 0 Å². The van der Waals surface area contributed by atoms with Crippen LogP contribution in [0, 0.1) is 13.8 Å². The van der Waals surface area contributed by atoms with Crippen molar-refractivity contribution in [2.75, 3.05) is 0 Å². The lowest BCUT2D eigenvalue weighted by Crippen LogP contribution is -2.26. The van der Waals surface area contributed by atoms with E-state index in [-0.39, 0.29) is 11.5 Å². The molecule has 0 unspecified atom stereocenters. The summed E-state index contributed by atoms with van der Waals surface area (Å²) in [5.74, 6) is 0.0347. The van der Waals surface area contributed by atoms with E-state index in [1.165, 1.54) is 4.57 Å². The molecule has 4 nitrogen and oxygen atoms in total. The quantitative estimate of drug-likeness (QED) is 0.787. The van der Waals surface area contributed by atoms with Gasteiger partial charge in [0.05, 0.1) is 0 Å². The van der Waals surface area contributed by atoms with Crippen molar-refractivity contribution in [2.45, 2.75) is 26.8 Å². The third kappa shape index (κ3) is 3.16. The van der Waals surface area contributed by atoms with Gasteiger partial charge in [-0.15, -0.1) is 0 Å². The van der Waals surface area contributed by atoms with Crippen LogP contribution in [0.15, 0.2) is 41.2 Å². The summed E-state index contributed by atoms with van der Waals surface area (Å²) in [6.07, 6.45) is 0.301. The molecule has 0 N–H and O–H groups in total. The third-order valence-corrected chi connectivity index (χ3v) is 3.00. The SMILES string of the molecule is Cc1cc(C)n(CCC(=O)c2ccccc2)c(=O)n1. The highest BCUT2D eigenvalue weighted by Crippen LogP contribution is 2.05. The van der Waals surface area contributed by atoms with Crippen molar-refractivity contribution in [1.29, 1.82) is 0 Å². The smallest absolute Gasteiger partial charge is 0.296 e. The van der Waals surface area contributed by atoms with Gasteiger partial charge in [0.25, 0.3) is 0 Å². The Hall–Kier alpha value is -2.23. The molecule has 0 aliphatic rings. The Morgan fingerprint density at radius 1 is 1.21 bits per heavy atom.